The molecule has 0 aromatic carbocycles. The van der Waals surface area contributed by atoms with Gasteiger partial charge in [-0.05, 0) is 25.0 Å². The number of nitrogens with zero attached hydrogens (tertiary/aromatic N) is 5. The molecule has 2 heterocycles. The lowest BCUT2D eigenvalue weighted by molar-refractivity contribution is -0.131. The van der Waals surface area contributed by atoms with Crippen LogP contribution in [0.25, 0.3) is 0 Å². The van der Waals surface area contributed by atoms with E-state index < -0.39 is 0 Å². The molecule has 7 nitrogen and oxygen atoms in total. The lowest BCUT2D eigenvalue weighted by Crippen LogP contribution is -2.49. The predicted octanol–water partition coefficient (Wildman–Crippen LogP) is 1.15. The first kappa shape index (κ1) is 19.7. The molecule has 1 aromatic heterocycles. The number of piperazine rings is 1. The van der Waals surface area contributed by atoms with Crippen molar-refractivity contribution in [1.29, 1.82) is 0 Å². The van der Waals surface area contributed by atoms with Crippen molar-refractivity contribution in [2.24, 2.45) is 10.7 Å². The van der Waals surface area contributed by atoms with Gasteiger partial charge in [-0.1, -0.05) is 6.07 Å². The Morgan fingerprint density at radius 2 is 2.04 bits per heavy atom. The van der Waals surface area contributed by atoms with Crippen LogP contribution in [-0.2, 0) is 4.79 Å². The molecule has 0 spiro atoms. The molecule has 1 aliphatic heterocycles. The van der Waals surface area contributed by atoms with E-state index in [0.29, 0.717) is 25.0 Å². The van der Waals surface area contributed by atoms with Crippen molar-refractivity contribution in [2.45, 2.75) is 25.3 Å². The van der Waals surface area contributed by atoms with Crippen LogP contribution in [0.15, 0.2) is 29.4 Å². The van der Waals surface area contributed by atoms with Gasteiger partial charge < -0.3 is 20.4 Å². The zero-order valence-electron chi connectivity index (χ0n) is 14.7. The minimum absolute atomic E-state index is 0. The number of aliphatic imine (C=N–C) groups is 1. The highest BCUT2D eigenvalue weighted by Crippen LogP contribution is 2.24. The molecule has 1 aromatic rings. The molecular weight excluding hydrogens is 431 g/mol. The van der Waals surface area contributed by atoms with E-state index in [4.69, 9.17) is 5.73 Å². The predicted molar refractivity (Wildman–Crippen MR) is 110 cm³/mol. The van der Waals surface area contributed by atoms with E-state index in [1.54, 1.807) is 6.20 Å². The standard InChI is InChI=1S/C17H26N6O.HI/c1-21(14-5-6-14)17(18)20-9-7-16(24)23-12-10-22(11-13-23)15-4-2-3-8-19-15;/h2-4,8,14H,5-7,9-13H2,1H3,(H2,18,20);1H. The van der Waals surface area contributed by atoms with Crippen LogP contribution in [0.4, 0.5) is 5.82 Å². The van der Waals surface area contributed by atoms with Crippen molar-refractivity contribution >= 4 is 41.7 Å². The number of carbonyl (C=O) groups is 1. The van der Waals surface area contributed by atoms with Gasteiger partial charge in [0.05, 0.1) is 6.54 Å². The molecule has 1 saturated heterocycles. The summed E-state index contributed by atoms with van der Waals surface area (Å²) in [7, 11) is 1.97. The Bertz CT molecular complexity index is 584. The van der Waals surface area contributed by atoms with Crippen molar-refractivity contribution in [3.63, 3.8) is 0 Å². The third-order valence-corrected chi connectivity index (χ3v) is 4.66. The highest BCUT2D eigenvalue weighted by Gasteiger charge is 2.27. The van der Waals surface area contributed by atoms with Gasteiger partial charge in [0.1, 0.15) is 5.82 Å². The van der Waals surface area contributed by atoms with E-state index >= 15 is 0 Å². The molecule has 0 unspecified atom stereocenters. The number of hydrogen-bond acceptors (Lipinski definition) is 4. The Morgan fingerprint density at radius 1 is 1.32 bits per heavy atom. The van der Waals surface area contributed by atoms with Crippen LogP contribution in [0, 0.1) is 0 Å². The van der Waals surface area contributed by atoms with Gasteiger partial charge in [0.2, 0.25) is 5.91 Å². The number of nitrogens with two attached hydrogens (primary N) is 1. The fourth-order valence-corrected chi connectivity index (χ4v) is 2.91. The topological polar surface area (TPSA) is 78.1 Å². The fraction of sp³-hybridized carbons (Fsp3) is 0.588. The van der Waals surface area contributed by atoms with Crippen LogP contribution in [0.1, 0.15) is 19.3 Å². The van der Waals surface area contributed by atoms with Gasteiger partial charge in [0.25, 0.3) is 0 Å². The highest BCUT2D eigenvalue weighted by atomic mass is 127. The minimum Gasteiger partial charge on any atom is -0.370 e. The average molecular weight is 458 g/mol. The van der Waals surface area contributed by atoms with Crippen molar-refractivity contribution in [3.8, 4) is 0 Å². The Kier molecular flexibility index (Phi) is 7.27. The number of hydrogen-bond donors (Lipinski definition) is 1. The second-order valence-corrected chi connectivity index (χ2v) is 6.39. The first-order chi connectivity index (χ1) is 11.6. The zero-order valence-corrected chi connectivity index (χ0v) is 17.0. The Balaban J connectivity index is 0.00000225. The van der Waals surface area contributed by atoms with Crippen molar-refractivity contribution < 1.29 is 4.79 Å². The van der Waals surface area contributed by atoms with Crippen LogP contribution >= 0.6 is 24.0 Å². The number of halogens is 1. The number of amides is 1. The number of carbonyl (C=O) groups excluding carboxylic acids is 1. The van der Waals surface area contributed by atoms with Gasteiger partial charge in [-0.2, -0.15) is 0 Å². The molecule has 3 rings (SSSR count). The summed E-state index contributed by atoms with van der Waals surface area (Å²) in [5, 5.41) is 0. The Hall–Kier alpha value is -1.58. The van der Waals surface area contributed by atoms with Crippen LogP contribution in [-0.4, -0.2) is 72.5 Å². The van der Waals surface area contributed by atoms with Crippen LogP contribution < -0.4 is 10.6 Å². The van der Waals surface area contributed by atoms with E-state index in [1.807, 2.05) is 35.0 Å². The van der Waals surface area contributed by atoms with Gasteiger partial charge in [-0.15, -0.1) is 24.0 Å². The smallest absolute Gasteiger partial charge is 0.224 e. The third-order valence-electron chi connectivity index (χ3n) is 4.66. The second kappa shape index (κ2) is 9.21. The molecule has 138 valence electrons. The quantitative estimate of drug-likeness (QED) is 0.407. The number of rotatable bonds is 5. The van der Waals surface area contributed by atoms with Gasteiger partial charge >= 0.3 is 0 Å². The maximum atomic E-state index is 12.3. The third kappa shape index (κ3) is 5.45. The summed E-state index contributed by atoms with van der Waals surface area (Å²) in [6.45, 7) is 3.56. The van der Waals surface area contributed by atoms with E-state index in [0.717, 1.165) is 32.0 Å². The number of aromatic nitrogens is 1. The molecule has 0 radical (unpaired) electrons. The van der Waals surface area contributed by atoms with E-state index in [2.05, 4.69) is 14.9 Å². The van der Waals surface area contributed by atoms with Crippen LogP contribution in [0.3, 0.4) is 0 Å². The molecule has 25 heavy (non-hydrogen) atoms. The molecule has 2 fully saturated rings. The van der Waals surface area contributed by atoms with Gasteiger partial charge in [-0.3, -0.25) is 9.79 Å². The van der Waals surface area contributed by atoms with Crippen molar-refractivity contribution in [2.75, 3.05) is 44.7 Å². The molecule has 1 amide bonds. The van der Waals surface area contributed by atoms with Gasteiger partial charge in [0.15, 0.2) is 5.96 Å². The molecule has 0 bridgehead atoms. The number of anilines is 1. The van der Waals surface area contributed by atoms with E-state index in [9.17, 15) is 4.79 Å². The first-order valence-electron chi connectivity index (χ1n) is 8.61. The monoisotopic (exact) mass is 458 g/mol. The van der Waals surface area contributed by atoms with E-state index in [1.165, 1.54) is 12.8 Å². The van der Waals surface area contributed by atoms with Crippen LogP contribution in [0.2, 0.25) is 0 Å². The summed E-state index contributed by atoms with van der Waals surface area (Å²) >= 11 is 0. The molecule has 8 heteroatoms. The molecular formula is C17H27IN6O. The lowest BCUT2D eigenvalue weighted by atomic mass is 10.2. The SMILES string of the molecule is CN(C(N)=NCCC(=O)N1CCN(c2ccccn2)CC1)C1CC1.I. The van der Waals surface area contributed by atoms with Crippen molar-refractivity contribution in [3.05, 3.63) is 24.4 Å². The van der Waals surface area contributed by atoms with Crippen molar-refractivity contribution in [1.82, 2.24) is 14.8 Å². The molecule has 0 atom stereocenters. The van der Waals surface area contributed by atoms with Gasteiger partial charge in [-0.25, -0.2) is 4.98 Å². The zero-order chi connectivity index (χ0) is 16.9. The molecule has 2 N–H and O–H groups in total. The van der Waals surface area contributed by atoms with Gasteiger partial charge in [0, 0.05) is 51.9 Å². The Labute approximate surface area is 166 Å². The van der Waals surface area contributed by atoms with Crippen LogP contribution in [0.5, 0.6) is 0 Å². The maximum absolute atomic E-state index is 12.3. The lowest BCUT2D eigenvalue weighted by Gasteiger charge is -2.35. The summed E-state index contributed by atoms with van der Waals surface area (Å²) in [5.74, 6) is 1.68. The Morgan fingerprint density at radius 3 is 2.64 bits per heavy atom. The first-order valence-corrected chi connectivity index (χ1v) is 8.61. The summed E-state index contributed by atoms with van der Waals surface area (Å²) in [6, 6.07) is 6.45. The summed E-state index contributed by atoms with van der Waals surface area (Å²) in [4.78, 5) is 27.1. The van der Waals surface area contributed by atoms with E-state index in [-0.39, 0.29) is 29.9 Å². The normalized spacial score (nSPS) is 17.9. The number of pyridine rings is 1. The highest BCUT2D eigenvalue weighted by molar-refractivity contribution is 14.0. The number of guanidine groups is 1. The largest absolute Gasteiger partial charge is 0.370 e. The minimum atomic E-state index is 0. The summed E-state index contributed by atoms with van der Waals surface area (Å²) in [6.07, 6.45) is 4.59. The summed E-state index contributed by atoms with van der Waals surface area (Å²) < 4.78 is 0. The molecule has 1 aliphatic carbocycles. The molecule has 1 saturated carbocycles. The average Bonchev–Trinajstić information content (AvgIpc) is 3.47. The summed E-state index contributed by atoms with van der Waals surface area (Å²) in [5.41, 5.74) is 5.94. The maximum Gasteiger partial charge on any atom is 0.224 e. The fourth-order valence-electron chi connectivity index (χ4n) is 2.91. The molecule has 2 aliphatic rings. The second-order valence-electron chi connectivity index (χ2n) is 6.39.